The largest absolute Gasteiger partial charge is 0.493 e. The Morgan fingerprint density at radius 2 is 2.11 bits per heavy atom. The third-order valence-electron chi connectivity index (χ3n) is 2.78. The van der Waals surface area contributed by atoms with Gasteiger partial charge < -0.3 is 10.5 Å². The second-order valence-corrected chi connectivity index (χ2v) is 4.15. The van der Waals surface area contributed by atoms with E-state index in [1.807, 2.05) is 31.2 Å². The molecule has 2 aromatic rings. The Bertz CT molecular complexity index is 511. The summed E-state index contributed by atoms with van der Waals surface area (Å²) in [6, 6.07) is 7.79. The van der Waals surface area contributed by atoms with Crippen molar-refractivity contribution in [3.8, 4) is 17.1 Å². The van der Waals surface area contributed by atoms with Crippen LogP contribution in [0.3, 0.4) is 0 Å². The van der Waals surface area contributed by atoms with Gasteiger partial charge in [0.25, 0.3) is 0 Å². The van der Waals surface area contributed by atoms with Crippen LogP contribution < -0.4 is 10.5 Å². The Balaban J connectivity index is 2.24. The molecule has 0 aliphatic rings. The molecule has 2 rings (SSSR count). The highest BCUT2D eigenvalue weighted by Gasteiger charge is 2.13. The molecule has 0 spiro atoms. The van der Waals surface area contributed by atoms with E-state index in [0.717, 1.165) is 36.5 Å². The molecule has 1 aromatic carbocycles. The maximum Gasteiger partial charge on any atom is 0.185 e. The number of aromatic nitrogens is 4. The summed E-state index contributed by atoms with van der Waals surface area (Å²) in [4.78, 5) is 0. The minimum absolute atomic E-state index is 0.617. The molecule has 0 aliphatic carbocycles. The fourth-order valence-electron chi connectivity index (χ4n) is 1.89. The molecule has 0 amide bonds. The van der Waals surface area contributed by atoms with Crippen LogP contribution in [0.2, 0.25) is 0 Å². The second-order valence-electron chi connectivity index (χ2n) is 4.15. The Labute approximate surface area is 112 Å². The van der Waals surface area contributed by atoms with Crippen LogP contribution in [0.4, 0.5) is 0 Å². The molecule has 102 valence electrons. The molecule has 0 atom stereocenters. The van der Waals surface area contributed by atoms with Crippen molar-refractivity contribution >= 4 is 0 Å². The van der Waals surface area contributed by atoms with E-state index in [0.29, 0.717) is 13.2 Å². The summed E-state index contributed by atoms with van der Waals surface area (Å²) < 4.78 is 7.41. The van der Waals surface area contributed by atoms with E-state index < -0.39 is 0 Å². The molecule has 0 fully saturated rings. The predicted octanol–water partition coefficient (Wildman–Crippen LogP) is 1.48. The first-order chi connectivity index (χ1) is 9.36. The lowest BCUT2D eigenvalue weighted by atomic mass is 10.2. The smallest absolute Gasteiger partial charge is 0.185 e. The van der Waals surface area contributed by atoms with E-state index in [1.165, 1.54) is 0 Å². The van der Waals surface area contributed by atoms with E-state index in [1.54, 1.807) is 4.68 Å². The third-order valence-corrected chi connectivity index (χ3v) is 2.78. The summed E-state index contributed by atoms with van der Waals surface area (Å²) >= 11 is 0. The van der Waals surface area contributed by atoms with Crippen molar-refractivity contribution in [3.63, 3.8) is 0 Å². The first kappa shape index (κ1) is 13.5. The Kier molecular flexibility index (Phi) is 4.85. The van der Waals surface area contributed by atoms with Gasteiger partial charge >= 0.3 is 0 Å². The molecule has 0 unspecified atom stereocenters. The Morgan fingerprint density at radius 3 is 2.89 bits per heavy atom. The minimum Gasteiger partial charge on any atom is -0.493 e. The second kappa shape index (κ2) is 6.84. The van der Waals surface area contributed by atoms with Crippen molar-refractivity contribution in [2.24, 2.45) is 5.73 Å². The van der Waals surface area contributed by atoms with Gasteiger partial charge in [-0.3, -0.25) is 0 Å². The normalized spacial score (nSPS) is 10.6. The molecule has 0 saturated carbocycles. The molecule has 1 aromatic heterocycles. The maximum atomic E-state index is 5.61. The molecule has 1 heterocycles. The lowest BCUT2D eigenvalue weighted by molar-refractivity contribution is 0.341. The van der Waals surface area contributed by atoms with Crippen molar-refractivity contribution < 1.29 is 4.74 Å². The monoisotopic (exact) mass is 261 g/mol. The number of aryl methyl sites for hydroxylation is 1. The number of tetrazole rings is 1. The molecule has 0 saturated heterocycles. The summed E-state index contributed by atoms with van der Waals surface area (Å²) in [6.45, 7) is 4.03. The molecule has 6 heteroatoms. The van der Waals surface area contributed by atoms with Gasteiger partial charge in [0.2, 0.25) is 0 Å². The first-order valence-corrected chi connectivity index (χ1v) is 6.55. The van der Waals surface area contributed by atoms with E-state index >= 15 is 0 Å². The van der Waals surface area contributed by atoms with Crippen LogP contribution in [0.15, 0.2) is 24.3 Å². The Hall–Kier alpha value is -1.95. The number of nitrogens with two attached hydrogens (primary N) is 1. The summed E-state index contributed by atoms with van der Waals surface area (Å²) in [7, 11) is 0. The molecule has 0 aliphatic heterocycles. The number of para-hydroxylation sites is 1. The number of rotatable bonds is 7. The molecule has 2 N–H and O–H groups in total. The third kappa shape index (κ3) is 3.29. The van der Waals surface area contributed by atoms with Crippen LogP contribution in [-0.4, -0.2) is 33.4 Å². The highest BCUT2D eigenvalue weighted by atomic mass is 16.5. The molecule has 6 nitrogen and oxygen atoms in total. The van der Waals surface area contributed by atoms with E-state index in [9.17, 15) is 0 Å². The summed E-state index contributed by atoms with van der Waals surface area (Å²) in [5.74, 6) is 1.54. The number of hydrogen-bond acceptors (Lipinski definition) is 5. The average molecular weight is 261 g/mol. The van der Waals surface area contributed by atoms with Crippen LogP contribution in [0.5, 0.6) is 5.75 Å². The fourth-order valence-corrected chi connectivity index (χ4v) is 1.89. The SMILES string of the molecule is CCOc1ccccc1-c1nnnn1CCCCN. The van der Waals surface area contributed by atoms with Crippen LogP contribution >= 0.6 is 0 Å². The van der Waals surface area contributed by atoms with Gasteiger partial charge in [-0.1, -0.05) is 12.1 Å². The molecule has 19 heavy (non-hydrogen) atoms. The molecule has 0 radical (unpaired) electrons. The Morgan fingerprint density at radius 1 is 1.26 bits per heavy atom. The van der Waals surface area contributed by atoms with E-state index in [4.69, 9.17) is 10.5 Å². The lowest BCUT2D eigenvalue weighted by Crippen LogP contribution is -2.07. The van der Waals surface area contributed by atoms with Crippen molar-refractivity contribution in [1.29, 1.82) is 0 Å². The van der Waals surface area contributed by atoms with Gasteiger partial charge in [-0.25, -0.2) is 4.68 Å². The van der Waals surface area contributed by atoms with Crippen molar-refractivity contribution in [3.05, 3.63) is 24.3 Å². The van der Waals surface area contributed by atoms with E-state index in [-0.39, 0.29) is 0 Å². The summed E-state index contributed by atoms with van der Waals surface area (Å²) in [6.07, 6.45) is 1.93. The number of hydrogen-bond donors (Lipinski definition) is 1. The van der Waals surface area contributed by atoms with Crippen molar-refractivity contribution in [1.82, 2.24) is 20.2 Å². The van der Waals surface area contributed by atoms with Crippen molar-refractivity contribution in [2.45, 2.75) is 26.3 Å². The van der Waals surface area contributed by atoms with Crippen LogP contribution in [0.25, 0.3) is 11.4 Å². The number of ether oxygens (including phenoxy) is 1. The molecular weight excluding hydrogens is 242 g/mol. The number of benzene rings is 1. The maximum absolute atomic E-state index is 5.61. The van der Waals surface area contributed by atoms with E-state index in [2.05, 4.69) is 15.5 Å². The van der Waals surface area contributed by atoms with Crippen LogP contribution in [-0.2, 0) is 6.54 Å². The highest BCUT2D eigenvalue weighted by Crippen LogP contribution is 2.27. The number of unbranched alkanes of at least 4 members (excludes halogenated alkanes) is 1. The molecular formula is C13H19N5O. The quantitative estimate of drug-likeness (QED) is 0.764. The van der Waals surface area contributed by atoms with Gasteiger partial charge in [-0.2, -0.15) is 0 Å². The fraction of sp³-hybridized carbons (Fsp3) is 0.462. The highest BCUT2D eigenvalue weighted by molar-refractivity contribution is 5.63. The van der Waals surface area contributed by atoms with Crippen LogP contribution in [0, 0.1) is 0 Å². The van der Waals surface area contributed by atoms with Gasteiger partial charge in [0.05, 0.1) is 12.2 Å². The van der Waals surface area contributed by atoms with Gasteiger partial charge in [-0.05, 0) is 48.9 Å². The van der Waals surface area contributed by atoms with Gasteiger partial charge in [0.15, 0.2) is 5.82 Å². The van der Waals surface area contributed by atoms with Gasteiger partial charge in [-0.15, -0.1) is 5.10 Å². The lowest BCUT2D eigenvalue weighted by Gasteiger charge is -2.09. The topological polar surface area (TPSA) is 78.9 Å². The predicted molar refractivity (Wildman–Crippen MR) is 72.7 cm³/mol. The zero-order chi connectivity index (χ0) is 13.5. The standard InChI is InChI=1S/C13H19N5O/c1-2-19-12-8-4-3-7-11(12)13-15-16-17-18(13)10-6-5-9-14/h3-4,7-8H,2,5-6,9-10,14H2,1H3. The summed E-state index contributed by atoms with van der Waals surface area (Å²) in [5.41, 5.74) is 6.42. The first-order valence-electron chi connectivity index (χ1n) is 6.55. The number of nitrogens with zero attached hydrogens (tertiary/aromatic N) is 4. The summed E-state index contributed by atoms with van der Waals surface area (Å²) in [5, 5.41) is 11.9. The van der Waals surface area contributed by atoms with Crippen molar-refractivity contribution in [2.75, 3.05) is 13.2 Å². The average Bonchev–Trinajstić information content (AvgIpc) is 2.88. The van der Waals surface area contributed by atoms with Crippen LogP contribution in [0.1, 0.15) is 19.8 Å². The minimum atomic E-state index is 0.617. The molecule has 0 bridgehead atoms. The van der Waals surface area contributed by atoms with Gasteiger partial charge in [0.1, 0.15) is 5.75 Å². The zero-order valence-electron chi connectivity index (χ0n) is 11.1. The van der Waals surface area contributed by atoms with Gasteiger partial charge in [0, 0.05) is 6.54 Å². The zero-order valence-corrected chi connectivity index (χ0v) is 11.1.